The summed E-state index contributed by atoms with van der Waals surface area (Å²) in [6.45, 7) is 1.96. The average Bonchev–Trinajstić information content (AvgIpc) is 3.05. The van der Waals surface area contributed by atoms with Crippen LogP contribution in [0, 0.1) is 5.92 Å². The number of nitrogens with one attached hydrogen (secondary N) is 1. The highest BCUT2D eigenvalue weighted by molar-refractivity contribution is 6.30. The van der Waals surface area contributed by atoms with Crippen LogP contribution in [0.1, 0.15) is 36.4 Å². The minimum Gasteiger partial charge on any atom is -0.342 e. The second-order valence-electron chi connectivity index (χ2n) is 9.09. The molecule has 2 fully saturated rings. The van der Waals surface area contributed by atoms with Crippen LogP contribution in [0.4, 0.5) is 4.79 Å². The molecular weight excluding hydrogens is 444 g/mol. The molecule has 8 nitrogen and oxygen atoms in total. The molecule has 2 bridgehead atoms. The first-order valence-electron chi connectivity index (χ1n) is 11.2. The van der Waals surface area contributed by atoms with Crippen molar-refractivity contribution < 1.29 is 14.4 Å². The smallest absolute Gasteiger partial charge is 0.325 e. The van der Waals surface area contributed by atoms with Crippen molar-refractivity contribution in [2.24, 2.45) is 5.92 Å². The summed E-state index contributed by atoms with van der Waals surface area (Å²) in [6, 6.07) is 11.2. The predicted octanol–water partition coefficient (Wildman–Crippen LogP) is 2.35. The molecule has 0 saturated carbocycles. The maximum Gasteiger partial charge on any atom is 0.325 e. The van der Waals surface area contributed by atoms with E-state index in [1.807, 2.05) is 21.6 Å². The number of carbonyl (C=O) groups excluding carboxylic acids is 3. The molecule has 0 radical (unpaired) electrons. The van der Waals surface area contributed by atoms with Crippen molar-refractivity contribution >= 4 is 29.4 Å². The summed E-state index contributed by atoms with van der Waals surface area (Å²) < 4.78 is 1.84. The lowest BCUT2D eigenvalue weighted by Gasteiger charge is -2.42. The van der Waals surface area contributed by atoms with Gasteiger partial charge in [0.2, 0.25) is 5.91 Å². The SMILES string of the molecule is O=C(CC[C@@H]1NC(=O)N(Cc2cccc(Cl)c2)C1=O)N1CC2CC(C1)c1cccc(=O)n1C2. The van der Waals surface area contributed by atoms with Crippen molar-refractivity contribution in [3.8, 4) is 0 Å². The Morgan fingerprint density at radius 1 is 1.06 bits per heavy atom. The van der Waals surface area contributed by atoms with Gasteiger partial charge in [-0.2, -0.15) is 0 Å². The number of nitrogens with zero attached hydrogens (tertiary/aromatic N) is 3. The number of halogens is 1. The van der Waals surface area contributed by atoms with Crippen LogP contribution in [-0.4, -0.2) is 51.3 Å². The Kier molecular flexibility index (Phi) is 5.70. The normalized spacial score (nSPS) is 24.0. The molecular formula is C24H25ClN4O4. The first-order chi connectivity index (χ1) is 15.9. The van der Waals surface area contributed by atoms with Gasteiger partial charge >= 0.3 is 6.03 Å². The highest BCUT2D eigenvalue weighted by Gasteiger charge is 2.39. The second kappa shape index (κ2) is 8.67. The number of fused-ring (bicyclic) bond motifs is 4. The maximum atomic E-state index is 13.0. The Balaban J connectivity index is 1.19. The van der Waals surface area contributed by atoms with Gasteiger partial charge in [-0.15, -0.1) is 0 Å². The van der Waals surface area contributed by atoms with Crippen molar-refractivity contribution in [2.45, 2.75) is 44.3 Å². The third kappa shape index (κ3) is 4.27. The first-order valence-corrected chi connectivity index (χ1v) is 11.6. The standard InChI is InChI=1S/C24H25ClN4O4/c25-18-4-1-3-15(10-18)12-29-23(32)19(26-24(29)33)7-8-21(30)27-11-16-9-17(14-27)20-5-2-6-22(31)28(20)13-16/h1-6,10,16-17,19H,7-9,11-14H2,(H,26,33)/t16?,17?,19-/m0/s1. The van der Waals surface area contributed by atoms with Gasteiger partial charge in [0.05, 0.1) is 6.54 Å². The molecule has 2 unspecified atom stereocenters. The largest absolute Gasteiger partial charge is 0.342 e. The van der Waals surface area contributed by atoms with Crippen LogP contribution >= 0.6 is 11.6 Å². The molecule has 9 heteroatoms. The number of carbonyl (C=O) groups is 3. The number of benzene rings is 1. The molecule has 1 N–H and O–H groups in total. The lowest BCUT2D eigenvalue weighted by molar-refractivity contribution is -0.134. The highest BCUT2D eigenvalue weighted by atomic mass is 35.5. The van der Waals surface area contributed by atoms with Gasteiger partial charge in [-0.3, -0.25) is 19.3 Å². The zero-order valence-corrected chi connectivity index (χ0v) is 18.8. The molecule has 3 aliphatic rings. The van der Waals surface area contributed by atoms with Gasteiger partial charge < -0.3 is 14.8 Å². The second-order valence-corrected chi connectivity index (χ2v) is 9.53. The summed E-state index contributed by atoms with van der Waals surface area (Å²) in [5.41, 5.74) is 1.77. The van der Waals surface area contributed by atoms with Crippen molar-refractivity contribution in [3.63, 3.8) is 0 Å². The van der Waals surface area contributed by atoms with Gasteiger partial charge in [-0.05, 0) is 42.5 Å². The molecule has 0 aliphatic carbocycles. The Labute approximate surface area is 196 Å². The summed E-state index contributed by atoms with van der Waals surface area (Å²) in [6.07, 6.45) is 1.42. The molecule has 0 spiro atoms. The number of likely N-dealkylation sites (tertiary alicyclic amines) is 1. The van der Waals surface area contributed by atoms with E-state index in [-0.39, 0.29) is 48.6 Å². The summed E-state index contributed by atoms with van der Waals surface area (Å²) >= 11 is 6.00. The molecule has 172 valence electrons. The Hall–Kier alpha value is -3.13. The fourth-order valence-electron chi connectivity index (χ4n) is 5.27. The molecule has 1 aromatic heterocycles. The van der Waals surface area contributed by atoms with Crippen LogP contribution in [0.5, 0.6) is 0 Å². The number of imide groups is 1. The number of hydrogen-bond acceptors (Lipinski definition) is 4. The van der Waals surface area contributed by atoms with E-state index in [2.05, 4.69) is 5.32 Å². The maximum absolute atomic E-state index is 13.0. The van der Waals surface area contributed by atoms with E-state index in [1.54, 1.807) is 30.3 Å². The number of hydrogen-bond donors (Lipinski definition) is 1. The van der Waals surface area contributed by atoms with E-state index in [0.717, 1.165) is 17.7 Å². The summed E-state index contributed by atoms with van der Waals surface area (Å²) in [4.78, 5) is 53.3. The fourth-order valence-corrected chi connectivity index (χ4v) is 5.48. The summed E-state index contributed by atoms with van der Waals surface area (Å²) in [5.74, 6) is 0.0565. The molecule has 2 aromatic rings. The molecule has 3 aliphatic heterocycles. The number of piperidine rings is 1. The van der Waals surface area contributed by atoms with Crippen LogP contribution < -0.4 is 10.9 Å². The zero-order chi connectivity index (χ0) is 23.1. The van der Waals surface area contributed by atoms with Crippen LogP contribution in [0.3, 0.4) is 0 Å². The van der Waals surface area contributed by atoms with Crippen LogP contribution in [0.25, 0.3) is 0 Å². The number of urea groups is 1. The van der Waals surface area contributed by atoms with E-state index >= 15 is 0 Å². The Morgan fingerprint density at radius 3 is 2.70 bits per heavy atom. The third-order valence-electron chi connectivity index (χ3n) is 6.82. The average molecular weight is 469 g/mol. The van der Waals surface area contributed by atoms with Crippen molar-refractivity contribution in [2.75, 3.05) is 13.1 Å². The molecule has 33 heavy (non-hydrogen) atoms. The van der Waals surface area contributed by atoms with Crippen molar-refractivity contribution in [1.82, 2.24) is 19.7 Å². The summed E-state index contributed by atoms with van der Waals surface area (Å²) in [5, 5.41) is 3.24. The number of pyridine rings is 1. The number of rotatable bonds is 5. The van der Waals surface area contributed by atoms with Gasteiger partial charge in [0, 0.05) is 48.8 Å². The molecule has 5 rings (SSSR count). The molecule has 1 aromatic carbocycles. The Bertz CT molecular complexity index is 1180. The fraction of sp³-hybridized carbons (Fsp3) is 0.417. The predicted molar refractivity (Wildman–Crippen MR) is 122 cm³/mol. The first kappa shape index (κ1) is 21.7. The van der Waals surface area contributed by atoms with E-state index in [9.17, 15) is 19.2 Å². The molecule has 3 atom stereocenters. The lowest BCUT2D eigenvalue weighted by atomic mass is 9.83. The van der Waals surface area contributed by atoms with Gasteiger partial charge in [0.25, 0.3) is 11.5 Å². The summed E-state index contributed by atoms with van der Waals surface area (Å²) in [7, 11) is 0. The van der Waals surface area contributed by atoms with Gasteiger partial charge in [-0.1, -0.05) is 29.8 Å². The van der Waals surface area contributed by atoms with Crippen molar-refractivity contribution in [1.29, 1.82) is 0 Å². The minimum absolute atomic E-state index is 0.0137. The van der Waals surface area contributed by atoms with E-state index in [4.69, 9.17) is 11.6 Å². The highest BCUT2D eigenvalue weighted by Crippen LogP contribution is 2.35. The van der Waals surface area contributed by atoms with Crippen LogP contribution in [-0.2, 0) is 22.7 Å². The molecule has 4 amide bonds. The van der Waals surface area contributed by atoms with Gasteiger partial charge in [-0.25, -0.2) is 4.79 Å². The third-order valence-corrected chi connectivity index (χ3v) is 7.05. The van der Waals surface area contributed by atoms with Gasteiger partial charge in [0.15, 0.2) is 0 Å². The van der Waals surface area contributed by atoms with E-state index in [0.29, 0.717) is 24.7 Å². The van der Waals surface area contributed by atoms with Crippen LogP contribution in [0.2, 0.25) is 5.02 Å². The van der Waals surface area contributed by atoms with E-state index in [1.165, 1.54) is 4.90 Å². The number of aromatic nitrogens is 1. The minimum atomic E-state index is -0.704. The Morgan fingerprint density at radius 2 is 1.88 bits per heavy atom. The zero-order valence-electron chi connectivity index (χ0n) is 18.1. The quantitative estimate of drug-likeness (QED) is 0.682. The lowest BCUT2D eigenvalue weighted by Crippen LogP contribution is -2.49. The monoisotopic (exact) mass is 468 g/mol. The van der Waals surface area contributed by atoms with Crippen molar-refractivity contribution in [3.05, 3.63) is 69.1 Å². The molecule has 2 saturated heterocycles. The van der Waals surface area contributed by atoms with E-state index < -0.39 is 12.1 Å². The van der Waals surface area contributed by atoms with Gasteiger partial charge in [0.1, 0.15) is 6.04 Å². The molecule has 4 heterocycles. The topological polar surface area (TPSA) is 91.7 Å². The van der Waals surface area contributed by atoms with Crippen LogP contribution in [0.15, 0.2) is 47.3 Å². The number of amides is 4.